The Morgan fingerprint density at radius 1 is 1.03 bits per heavy atom. The molecule has 9 heteroatoms. The van der Waals surface area contributed by atoms with Gasteiger partial charge in [-0.05, 0) is 54.6 Å². The topological polar surface area (TPSA) is 65.1 Å². The van der Waals surface area contributed by atoms with Gasteiger partial charge in [-0.25, -0.2) is 9.18 Å². The summed E-state index contributed by atoms with van der Waals surface area (Å²) in [5.74, 6) is -0.484. The van der Waals surface area contributed by atoms with Gasteiger partial charge in [-0.1, -0.05) is 35.9 Å². The van der Waals surface area contributed by atoms with Crippen molar-refractivity contribution < 1.29 is 18.7 Å². The number of benzene rings is 2. The van der Waals surface area contributed by atoms with E-state index in [0.29, 0.717) is 39.4 Å². The molecule has 0 atom stereocenters. The first kappa shape index (κ1) is 27.8. The van der Waals surface area contributed by atoms with E-state index in [-0.39, 0.29) is 24.3 Å². The second kappa shape index (κ2) is 13.5. The molecule has 1 aliphatic rings. The zero-order chi connectivity index (χ0) is 26.9. The highest BCUT2D eigenvalue weighted by molar-refractivity contribution is 7.09. The number of amides is 3. The van der Waals surface area contributed by atoms with Crippen LogP contribution in [0, 0.1) is 19.7 Å². The third-order valence-corrected chi connectivity index (χ3v) is 7.45. The summed E-state index contributed by atoms with van der Waals surface area (Å²) in [6.45, 7) is 8.65. The average molecular weight is 539 g/mol. The maximum Gasteiger partial charge on any atom is 0.322 e. The first-order valence-corrected chi connectivity index (χ1v) is 13.7. The largest absolute Gasteiger partial charge is 0.379 e. The summed E-state index contributed by atoms with van der Waals surface area (Å²) in [5.41, 5.74) is 3.64. The summed E-state index contributed by atoms with van der Waals surface area (Å²) >= 11 is 1.58. The molecule has 38 heavy (non-hydrogen) atoms. The number of carbonyl (C=O) groups is 2. The van der Waals surface area contributed by atoms with E-state index in [9.17, 15) is 14.0 Å². The number of carbonyl (C=O) groups excluding carboxylic acids is 2. The molecule has 3 aromatic rings. The minimum absolute atomic E-state index is 0.0619. The summed E-state index contributed by atoms with van der Waals surface area (Å²) in [5, 5.41) is 4.98. The van der Waals surface area contributed by atoms with E-state index in [0.717, 1.165) is 40.3 Å². The molecule has 0 bridgehead atoms. The molecule has 0 unspecified atom stereocenters. The van der Waals surface area contributed by atoms with E-state index < -0.39 is 0 Å². The fraction of sp³-hybridized carbons (Fsp3) is 0.379. The van der Waals surface area contributed by atoms with Gasteiger partial charge in [-0.15, -0.1) is 11.3 Å². The third kappa shape index (κ3) is 8.11. The number of aryl methyl sites for hydroxylation is 2. The van der Waals surface area contributed by atoms with Crippen LogP contribution in [0.15, 0.2) is 60.0 Å². The minimum Gasteiger partial charge on any atom is -0.379 e. The predicted molar refractivity (Wildman–Crippen MR) is 149 cm³/mol. The van der Waals surface area contributed by atoms with E-state index in [4.69, 9.17) is 4.74 Å². The molecular formula is C29H35FN4O3S. The molecular weight excluding hydrogens is 503 g/mol. The molecule has 1 N–H and O–H groups in total. The van der Waals surface area contributed by atoms with Gasteiger partial charge in [0.25, 0.3) is 0 Å². The first-order chi connectivity index (χ1) is 18.4. The SMILES string of the molecule is Cc1ccc(NC(=O)N(CCN2CCOCC2)CC(=O)N(Cc2ccc(F)cc2)Cc2cccs2)c(C)c1. The van der Waals surface area contributed by atoms with Crippen molar-refractivity contribution in [3.8, 4) is 0 Å². The van der Waals surface area contributed by atoms with E-state index in [1.807, 2.05) is 49.6 Å². The second-order valence-corrected chi connectivity index (χ2v) is 10.6. The van der Waals surface area contributed by atoms with Crippen LogP contribution in [0.2, 0.25) is 0 Å². The Bertz CT molecular complexity index is 1200. The van der Waals surface area contributed by atoms with Crippen LogP contribution in [0.25, 0.3) is 0 Å². The van der Waals surface area contributed by atoms with Gasteiger partial charge in [0.1, 0.15) is 12.4 Å². The molecule has 0 spiro atoms. The van der Waals surface area contributed by atoms with Crippen molar-refractivity contribution in [1.29, 1.82) is 0 Å². The molecule has 1 aromatic heterocycles. The van der Waals surface area contributed by atoms with Crippen LogP contribution in [-0.2, 0) is 22.6 Å². The lowest BCUT2D eigenvalue weighted by Gasteiger charge is -2.31. The second-order valence-electron chi connectivity index (χ2n) is 9.58. The van der Waals surface area contributed by atoms with Crippen LogP contribution in [-0.4, -0.2) is 72.6 Å². The highest BCUT2D eigenvalue weighted by Crippen LogP contribution is 2.18. The van der Waals surface area contributed by atoms with Gasteiger partial charge in [0.15, 0.2) is 0 Å². The van der Waals surface area contributed by atoms with Crippen molar-refractivity contribution in [2.75, 3.05) is 51.3 Å². The molecule has 7 nitrogen and oxygen atoms in total. The molecule has 4 rings (SSSR count). The number of nitrogens with one attached hydrogen (secondary N) is 1. The Labute approximate surface area is 227 Å². The fourth-order valence-electron chi connectivity index (χ4n) is 4.38. The standard InChI is InChI=1S/C29H35FN4O3S/c1-22-5-10-27(23(2)18-22)31-29(36)33(12-11-32-13-15-37-16-14-32)21-28(35)34(20-26-4-3-17-38-26)19-24-6-8-25(30)9-7-24/h3-10,17-18H,11-16,19-21H2,1-2H3,(H,31,36). The van der Waals surface area contributed by atoms with Gasteiger partial charge in [0, 0.05) is 43.3 Å². The van der Waals surface area contributed by atoms with Crippen LogP contribution >= 0.6 is 11.3 Å². The zero-order valence-electron chi connectivity index (χ0n) is 22.0. The molecule has 1 aliphatic heterocycles. The van der Waals surface area contributed by atoms with Crippen molar-refractivity contribution in [2.24, 2.45) is 0 Å². The number of hydrogen-bond donors (Lipinski definition) is 1. The Morgan fingerprint density at radius 2 is 1.79 bits per heavy atom. The number of nitrogens with zero attached hydrogens (tertiary/aromatic N) is 3. The summed E-state index contributed by atoms with van der Waals surface area (Å²) in [6.07, 6.45) is 0. The van der Waals surface area contributed by atoms with Crippen molar-refractivity contribution >= 4 is 29.0 Å². The number of hydrogen-bond acceptors (Lipinski definition) is 5. The highest BCUT2D eigenvalue weighted by atomic mass is 32.1. The van der Waals surface area contributed by atoms with Gasteiger partial charge in [0.05, 0.1) is 19.8 Å². The van der Waals surface area contributed by atoms with Crippen LogP contribution < -0.4 is 5.32 Å². The summed E-state index contributed by atoms with van der Waals surface area (Å²) in [7, 11) is 0. The van der Waals surface area contributed by atoms with E-state index in [1.54, 1.807) is 33.3 Å². The number of thiophene rings is 1. The quantitative estimate of drug-likeness (QED) is 0.399. The Hall–Kier alpha value is -3.27. The van der Waals surface area contributed by atoms with Gasteiger partial charge in [0.2, 0.25) is 5.91 Å². The highest BCUT2D eigenvalue weighted by Gasteiger charge is 2.24. The smallest absolute Gasteiger partial charge is 0.322 e. The van der Waals surface area contributed by atoms with Gasteiger partial charge >= 0.3 is 6.03 Å². The van der Waals surface area contributed by atoms with Crippen LogP contribution in [0.1, 0.15) is 21.6 Å². The van der Waals surface area contributed by atoms with E-state index >= 15 is 0 Å². The molecule has 0 saturated carbocycles. The molecule has 1 saturated heterocycles. The van der Waals surface area contributed by atoms with Crippen LogP contribution in [0.3, 0.4) is 0 Å². The molecule has 0 aliphatic carbocycles. The van der Waals surface area contributed by atoms with E-state index in [2.05, 4.69) is 10.2 Å². The van der Waals surface area contributed by atoms with Crippen molar-refractivity contribution in [2.45, 2.75) is 26.9 Å². The average Bonchev–Trinajstić information content (AvgIpc) is 3.42. The molecule has 1 fully saturated rings. The van der Waals surface area contributed by atoms with Crippen LogP contribution in [0.4, 0.5) is 14.9 Å². The molecule has 0 radical (unpaired) electrons. The number of ether oxygens (including phenoxy) is 1. The lowest BCUT2D eigenvalue weighted by atomic mass is 10.1. The first-order valence-electron chi connectivity index (χ1n) is 12.9. The van der Waals surface area contributed by atoms with Gasteiger partial charge < -0.3 is 19.9 Å². The number of halogens is 1. The summed E-state index contributed by atoms with van der Waals surface area (Å²) < 4.78 is 18.9. The molecule has 2 heterocycles. The number of anilines is 1. The fourth-order valence-corrected chi connectivity index (χ4v) is 5.10. The van der Waals surface area contributed by atoms with Gasteiger partial charge in [-0.3, -0.25) is 9.69 Å². The molecule has 202 valence electrons. The third-order valence-electron chi connectivity index (χ3n) is 6.59. The zero-order valence-corrected chi connectivity index (χ0v) is 22.8. The van der Waals surface area contributed by atoms with Gasteiger partial charge in [-0.2, -0.15) is 0 Å². The number of urea groups is 1. The minimum atomic E-state index is -0.317. The monoisotopic (exact) mass is 538 g/mol. The number of morpholine rings is 1. The lowest BCUT2D eigenvalue weighted by molar-refractivity contribution is -0.133. The van der Waals surface area contributed by atoms with Crippen molar-refractivity contribution in [3.05, 3.63) is 87.4 Å². The Kier molecular flexibility index (Phi) is 9.86. The molecule has 3 amide bonds. The van der Waals surface area contributed by atoms with Crippen molar-refractivity contribution in [1.82, 2.24) is 14.7 Å². The maximum absolute atomic E-state index is 13.7. The number of rotatable bonds is 10. The lowest BCUT2D eigenvalue weighted by Crippen LogP contribution is -2.48. The molecule has 2 aromatic carbocycles. The van der Waals surface area contributed by atoms with Crippen molar-refractivity contribution in [3.63, 3.8) is 0 Å². The summed E-state index contributed by atoms with van der Waals surface area (Å²) in [6, 6.07) is 15.7. The predicted octanol–water partition coefficient (Wildman–Crippen LogP) is 4.90. The normalized spacial score (nSPS) is 13.8. The van der Waals surface area contributed by atoms with Crippen LogP contribution in [0.5, 0.6) is 0 Å². The summed E-state index contributed by atoms with van der Waals surface area (Å²) in [4.78, 5) is 33.7. The Balaban J connectivity index is 1.50. The Morgan fingerprint density at radius 3 is 2.47 bits per heavy atom. The van der Waals surface area contributed by atoms with E-state index in [1.165, 1.54) is 12.1 Å². The maximum atomic E-state index is 13.7.